The maximum atomic E-state index is 11.8. The van der Waals surface area contributed by atoms with E-state index in [1.54, 1.807) is 18.2 Å². The van der Waals surface area contributed by atoms with Crippen molar-refractivity contribution in [2.24, 2.45) is 0 Å². The molecule has 0 radical (unpaired) electrons. The van der Waals surface area contributed by atoms with Gasteiger partial charge < -0.3 is 10.1 Å². The quantitative estimate of drug-likeness (QED) is 0.773. The van der Waals surface area contributed by atoms with Crippen molar-refractivity contribution in [3.05, 3.63) is 33.3 Å². The minimum absolute atomic E-state index is 0.127. The van der Waals surface area contributed by atoms with E-state index >= 15 is 0 Å². The third-order valence-electron chi connectivity index (χ3n) is 2.35. The smallest absolute Gasteiger partial charge is 0.252 e. The molecule has 0 heterocycles. The highest BCUT2D eigenvalue weighted by atomic mass is 79.9. The number of ether oxygens (including phenoxy) is 1. The first-order valence-corrected chi connectivity index (χ1v) is 7.13. The van der Waals surface area contributed by atoms with Crippen LogP contribution < -0.4 is 5.32 Å². The molecule has 1 aromatic carbocycles. The number of carbonyl (C=O) groups is 1. The van der Waals surface area contributed by atoms with Crippen molar-refractivity contribution in [2.75, 3.05) is 19.8 Å². The molecule has 100 valence electrons. The van der Waals surface area contributed by atoms with Crippen LogP contribution in [0.3, 0.4) is 0 Å². The molecule has 0 aromatic heterocycles. The number of nitrogens with one attached hydrogen (secondary N) is 1. The molecule has 1 rings (SSSR count). The number of amides is 1. The minimum atomic E-state index is -0.127. The molecule has 0 atom stereocenters. The van der Waals surface area contributed by atoms with E-state index in [0.717, 1.165) is 19.4 Å². The Morgan fingerprint density at radius 3 is 2.89 bits per heavy atom. The normalized spacial score (nSPS) is 10.4. The van der Waals surface area contributed by atoms with Gasteiger partial charge in [0.1, 0.15) is 0 Å². The van der Waals surface area contributed by atoms with Gasteiger partial charge in [-0.25, -0.2) is 0 Å². The van der Waals surface area contributed by atoms with Crippen LogP contribution in [0.5, 0.6) is 0 Å². The van der Waals surface area contributed by atoms with Crippen molar-refractivity contribution in [2.45, 2.75) is 19.8 Å². The van der Waals surface area contributed by atoms with Crippen molar-refractivity contribution >= 4 is 33.4 Å². The van der Waals surface area contributed by atoms with E-state index in [0.29, 0.717) is 28.2 Å². The second-order valence-electron chi connectivity index (χ2n) is 3.85. The Bertz CT molecular complexity index is 399. The average Bonchev–Trinajstić information content (AvgIpc) is 2.33. The predicted molar refractivity (Wildman–Crippen MR) is 77.2 cm³/mol. The van der Waals surface area contributed by atoms with Crippen molar-refractivity contribution in [1.29, 1.82) is 0 Å². The standard InChI is InChI=1S/C13H17BrClNO2/c1-2-3-7-18-8-6-16-13(17)11-5-4-10(15)9-12(11)14/h4-5,9H,2-3,6-8H2,1H3,(H,16,17). The van der Waals surface area contributed by atoms with Gasteiger partial charge in [-0.05, 0) is 40.5 Å². The van der Waals surface area contributed by atoms with Gasteiger partial charge in [-0.3, -0.25) is 4.79 Å². The summed E-state index contributed by atoms with van der Waals surface area (Å²) in [6, 6.07) is 5.09. The number of carbonyl (C=O) groups excluding carboxylic acids is 1. The van der Waals surface area contributed by atoms with Crippen molar-refractivity contribution in [3.8, 4) is 0 Å². The van der Waals surface area contributed by atoms with Gasteiger partial charge in [0, 0.05) is 22.6 Å². The maximum Gasteiger partial charge on any atom is 0.252 e. The summed E-state index contributed by atoms with van der Waals surface area (Å²) in [5.74, 6) is -0.127. The maximum absolute atomic E-state index is 11.8. The highest BCUT2D eigenvalue weighted by Crippen LogP contribution is 2.21. The molecule has 0 spiro atoms. The van der Waals surface area contributed by atoms with Crippen LogP contribution in [0.4, 0.5) is 0 Å². The van der Waals surface area contributed by atoms with E-state index in [4.69, 9.17) is 16.3 Å². The molecular formula is C13H17BrClNO2. The van der Waals surface area contributed by atoms with Crippen LogP contribution in [0.15, 0.2) is 22.7 Å². The lowest BCUT2D eigenvalue weighted by molar-refractivity contribution is 0.0912. The second-order valence-corrected chi connectivity index (χ2v) is 5.14. The third kappa shape index (κ3) is 5.38. The molecule has 0 saturated heterocycles. The lowest BCUT2D eigenvalue weighted by Gasteiger charge is -2.07. The lowest BCUT2D eigenvalue weighted by Crippen LogP contribution is -2.27. The Morgan fingerprint density at radius 2 is 2.22 bits per heavy atom. The molecule has 18 heavy (non-hydrogen) atoms. The predicted octanol–water partition coefficient (Wildman–Crippen LogP) is 3.65. The Hall–Kier alpha value is -0.580. The molecule has 0 aliphatic carbocycles. The Morgan fingerprint density at radius 1 is 1.44 bits per heavy atom. The lowest BCUT2D eigenvalue weighted by atomic mass is 10.2. The molecule has 0 aliphatic heterocycles. The number of hydrogen-bond acceptors (Lipinski definition) is 2. The number of benzene rings is 1. The Balaban J connectivity index is 2.32. The monoisotopic (exact) mass is 333 g/mol. The molecule has 5 heteroatoms. The minimum Gasteiger partial charge on any atom is -0.380 e. The van der Waals surface area contributed by atoms with E-state index in [1.165, 1.54) is 0 Å². The van der Waals surface area contributed by atoms with Gasteiger partial charge in [0.25, 0.3) is 5.91 Å². The summed E-state index contributed by atoms with van der Waals surface area (Å²) in [6.45, 7) is 3.91. The van der Waals surface area contributed by atoms with E-state index in [-0.39, 0.29) is 5.91 Å². The summed E-state index contributed by atoms with van der Waals surface area (Å²) in [5, 5.41) is 3.40. The number of halogens is 2. The Kier molecular flexibility index (Phi) is 7.32. The summed E-state index contributed by atoms with van der Waals surface area (Å²) >= 11 is 9.13. The first kappa shape index (κ1) is 15.5. The van der Waals surface area contributed by atoms with Gasteiger partial charge >= 0.3 is 0 Å². The Labute approximate surface area is 121 Å². The fourth-order valence-electron chi connectivity index (χ4n) is 1.35. The zero-order valence-electron chi connectivity index (χ0n) is 10.3. The SMILES string of the molecule is CCCCOCCNC(=O)c1ccc(Cl)cc1Br. The van der Waals surface area contributed by atoms with Crippen LogP contribution in [0.2, 0.25) is 5.02 Å². The summed E-state index contributed by atoms with van der Waals surface area (Å²) in [5.41, 5.74) is 0.577. The number of hydrogen-bond donors (Lipinski definition) is 1. The molecule has 3 nitrogen and oxygen atoms in total. The number of unbranched alkanes of at least 4 members (excludes halogenated alkanes) is 1. The van der Waals surface area contributed by atoms with Crippen molar-refractivity contribution in [3.63, 3.8) is 0 Å². The zero-order chi connectivity index (χ0) is 13.4. The van der Waals surface area contributed by atoms with Gasteiger partial charge in [-0.2, -0.15) is 0 Å². The third-order valence-corrected chi connectivity index (χ3v) is 3.24. The van der Waals surface area contributed by atoms with Gasteiger partial charge in [0.2, 0.25) is 0 Å². The van der Waals surface area contributed by atoms with E-state index < -0.39 is 0 Å². The van der Waals surface area contributed by atoms with Crippen LogP contribution in [0, 0.1) is 0 Å². The van der Waals surface area contributed by atoms with Crippen molar-refractivity contribution < 1.29 is 9.53 Å². The average molecular weight is 335 g/mol. The molecular weight excluding hydrogens is 318 g/mol. The zero-order valence-corrected chi connectivity index (χ0v) is 12.7. The topological polar surface area (TPSA) is 38.3 Å². The molecule has 0 unspecified atom stereocenters. The molecule has 0 fully saturated rings. The number of rotatable bonds is 7. The van der Waals surface area contributed by atoms with Gasteiger partial charge in [0.15, 0.2) is 0 Å². The van der Waals surface area contributed by atoms with E-state index in [9.17, 15) is 4.79 Å². The van der Waals surface area contributed by atoms with Crippen LogP contribution in [-0.2, 0) is 4.74 Å². The fraction of sp³-hybridized carbons (Fsp3) is 0.462. The summed E-state index contributed by atoms with van der Waals surface area (Å²) < 4.78 is 6.06. The fourth-order valence-corrected chi connectivity index (χ4v) is 2.22. The summed E-state index contributed by atoms with van der Waals surface area (Å²) in [4.78, 5) is 11.8. The molecule has 0 saturated carbocycles. The highest BCUT2D eigenvalue weighted by Gasteiger charge is 2.09. The second kappa shape index (κ2) is 8.51. The first-order chi connectivity index (χ1) is 8.65. The first-order valence-electron chi connectivity index (χ1n) is 5.96. The van der Waals surface area contributed by atoms with E-state index in [2.05, 4.69) is 28.2 Å². The molecule has 1 aromatic rings. The largest absolute Gasteiger partial charge is 0.380 e. The molecule has 0 aliphatic rings. The van der Waals surface area contributed by atoms with Crippen molar-refractivity contribution in [1.82, 2.24) is 5.32 Å². The molecule has 1 N–H and O–H groups in total. The van der Waals surface area contributed by atoms with Crippen LogP contribution >= 0.6 is 27.5 Å². The highest BCUT2D eigenvalue weighted by molar-refractivity contribution is 9.10. The summed E-state index contributed by atoms with van der Waals surface area (Å²) in [6.07, 6.45) is 2.17. The van der Waals surface area contributed by atoms with Crippen LogP contribution in [0.1, 0.15) is 30.1 Å². The van der Waals surface area contributed by atoms with Gasteiger partial charge in [-0.1, -0.05) is 24.9 Å². The molecule has 1 amide bonds. The van der Waals surface area contributed by atoms with E-state index in [1.807, 2.05) is 0 Å². The summed E-state index contributed by atoms with van der Waals surface area (Å²) in [7, 11) is 0. The van der Waals surface area contributed by atoms with Crippen LogP contribution in [0.25, 0.3) is 0 Å². The van der Waals surface area contributed by atoms with Gasteiger partial charge in [-0.15, -0.1) is 0 Å². The molecule has 0 bridgehead atoms. The van der Waals surface area contributed by atoms with Crippen LogP contribution in [-0.4, -0.2) is 25.7 Å². The van der Waals surface area contributed by atoms with Gasteiger partial charge in [0.05, 0.1) is 12.2 Å².